The van der Waals surface area contributed by atoms with Crippen LogP contribution in [0.15, 0.2) is 30.6 Å². The lowest BCUT2D eigenvalue weighted by Gasteiger charge is -2.09. The second kappa shape index (κ2) is 4.20. The van der Waals surface area contributed by atoms with Gasteiger partial charge in [0.25, 0.3) is 0 Å². The molecule has 3 aromatic rings. The van der Waals surface area contributed by atoms with Gasteiger partial charge in [-0.25, -0.2) is 4.98 Å². The van der Waals surface area contributed by atoms with Crippen molar-refractivity contribution in [3.63, 3.8) is 0 Å². The molecule has 5 nitrogen and oxygen atoms in total. The molecule has 2 N–H and O–H groups in total. The number of hydrogen-bond donors (Lipinski definition) is 1. The number of hydrogen-bond acceptors (Lipinski definition) is 3. The number of aryl methyl sites for hydroxylation is 3. The van der Waals surface area contributed by atoms with Crippen LogP contribution in [0.25, 0.3) is 11.0 Å². The monoisotopic (exact) mass is 255 g/mol. The number of imidazole rings is 1. The Morgan fingerprint density at radius 1 is 1.26 bits per heavy atom. The largest absolute Gasteiger partial charge is 0.329 e. The number of benzene rings is 1. The van der Waals surface area contributed by atoms with Crippen molar-refractivity contribution in [2.24, 2.45) is 19.8 Å². The highest BCUT2D eigenvalue weighted by Crippen LogP contribution is 2.24. The normalized spacial score (nSPS) is 13.1. The maximum atomic E-state index is 6.31. The van der Waals surface area contributed by atoms with Crippen LogP contribution in [-0.4, -0.2) is 19.3 Å². The number of nitrogens with two attached hydrogens (primary N) is 1. The van der Waals surface area contributed by atoms with Crippen molar-refractivity contribution in [1.29, 1.82) is 0 Å². The third-order valence-electron chi connectivity index (χ3n) is 3.49. The molecule has 0 aliphatic rings. The van der Waals surface area contributed by atoms with Crippen molar-refractivity contribution in [2.75, 3.05) is 0 Å². The van der Waals surface area contributed by atoms with Gasteiger partial charge in [-0.3, -0.25) is 4.68 Å². The van der Waals surface area contributed by atoms with E-state index >= 15 is 0 Å². The first-order valence-electron chi connectivity index (χ1n) is 6.24. The number of aromatic nitrogens is 4. The summed E-state index contributed by atoms with van der Waals surface area (Å²) in [7, 11) is 3.89. The van der Waals surface area contributed by atoms with Crippen LogP contribution >= 0.6 is 0 Å². The Morgan fingerprint density at radius 2 is 2.05 bits per heavy atom. The summed E-state index contributed by atoms with van der Waals surface area (Å²) in [4.78, 5) is 4.66. The predicted octanol–water partition coefficient (Wildman–Crippen LogP) is 1.66. The van der Waals surface area contributed by atoms with Crippen LogP contribution in [0.3, 0.4) is 0 Å². The van der Waals surface area contributed by atoms with E-state index in [0.717, 1.165) is 22.4 Å². The standard InChI is InChI=1S/C14H17N5/c1-9-5-4-6-11-13(9)19(3)14(17-11)12(15)10-7-16-18(2)8-10/h4-8,12H,15H2,1-3H3. The molecular formula is C14H17N5. The Kier molecular flexibility index (Phi) is 2.64. The average molecular weight is 255 g/mol. The SMILES string of the molecule is Cc1cccc2nc(C(N)c3cnn(C)c3)n(C)c12. The van der Waals surface area contributed by atoms with Crippen LogP contribution in [0.1, 0.15) is 23.0 Å². The van der Waals surface area contributed by atoms with Gasteiger partial charge in [0.15, 0.2) is 0 Å². The van der Waals surface area contributed by atoms with Crippen molar-refractivity contribution in [1.82, 2.24) is 19.3 Å². The van der Waals surface area contributed by atoms with Gasteiger partial charge in [0.1, 0.15) is 5.82 Å². The summed E-state index contributed by atoms with van der Waals surface area (Å²) in [5, 5.41) is 4.16. The molecule has 3 rings (SSSR count). The fraction of sp³-hybridized carbons (Fsp3) is 0.286. The molecule has 2 heterocycles. The summed E-state index contributed by atoms with van der Waals surface area (Å²) >= 11 is 0. The third-order valence-corrected chi connectivity index (χ3v) is 3.49. The van der Waals surface area contributed by atoms with Crippen LogP contribution < -0.4 is 5.73 Å². The molecule has 0 spiro atoms. The molecule has 0 aliphatic carbocycles. The zero-order chi connectivity index (χ0) is 13.6. The molecule has 0 bridgehead atoms. The molecule has 0 aliphatic heterocycles. The number of nitrogens with zero attached hydrogens (tertiary/aromatic N) is 4. The lowest BCUT2D eigenvalue weighted by Crippen LogP contribution is -2.16. The maximum absolute atomic E-state index is 6.31. The molecule has 0 radical (unpaired) electrons. The van der Waals surface area contributed by atoms with Gasteiger partial charge in [-0.1, -0.05) is 12.1 Å². The van der Waals surface area contributed by atoms with Crippen LogP contribution in [0.2, 0.25) is 0 Å². The van der Waals surface area contributed by atoms with Gasteiger partial charge in [-0.15, -0.1) is 0 Å². The minimum Gasteiger partial charge on any atom is -0.329 e. The second-order valence-corrected chi connectivity index (χ2v) is 4.90. The highest BCUT2D eigenvalue weighted by Gasteiger charge is 2.18. The summed E-state index contributed by atoms with van der Waals surface area (Å²) in [5.74, 6) is 0.859. The van der Waals surface area contributed by atoms with Crippen molar-refractivity contribution in [3.05, 3.63) is 47.5 Å². The minimum atomic E-state index is -0.259. The van der Waals surface area contributed by atoms with E-state index in [1.807, 2.05) is 32.4 Å². The molecule has 0 saturated heterocycles. The lowest BCUT2D eigenvalue weighted by molar-refractivity contribution is 0.724. The zero-order valence-corrected chi connectivity index (χ0v) is 11.3. The molecule has 0 amide bonds. The molecular weight excluding hydrogens is 238 g/mol. The van der Waals surface area contributed by atoms with E-state index in [1.54, 1.807) is 10.9 Å². The first-order valence-corrected chi connectivity index (χ1v) is 6.24. The zero-order valence-electron chi connectivity index (χ0n) is 11.3. The van der Waals surface area contributed by atoms with Crippen molar-refractivity contribution in [3.8, 4) is 0 Å². The predicted molar refractivity (Wildman–Crippen MR) is 74.7 cm³/mol. The van der Waals surface area contributed by atoms with E-state index in [2.05, 4.69) is 27.6 Å². The van der Waals surface area contributed by atoms with Crippen LogP contribution in [0.4, 0.5) is 0 Å². The topological polar surface area (TPSA) is 61.7 Å². The van der Waals surface area contributed by atoms with Crippen molar-refractivity contribution in [2.45, 2.75) is 13.0 Å². The van der Waals surface area contributed by atoms with Gasteiger partial charge in [0.2, 0.25) is 0 Å². The van der Waals surface area contributed by atoms with E-state index in [0.29, 0.717) is 0 Å². The molecule has 98 valence electrons. The fourth-order valence-electron chi connectivity index (χ4n) is 2.51. The van der Waals surface area contributed by atoms with E-state index in [4.69, 9.17) is 5.73 Å². The van der Waals surface area contributed by atoms with Gasteiger partial charge in [0.05, 0.1) is 23.3 Å². The lowest BCUT2D eigenvalue weighted by atomic mass is 10.1. The summed E-state index contributed by atoms with van der Waals surface area (Å²) in [6.07, 6.45) is 3.72. The maximum Gasteiger partial charge on any atom is 0.131 e. The molecule has 0 fully saturated rings. The quantitative estimate of drug-likeness (QED) is 0.757. The highest BCUT2D eigenvalue weighted by atomic mass is 15.2. The van der Waals surface area contributed by atoms with E-state index in [1.165, 1.54) is 5.56 Å². The first-order chi connectivity index (χ1) is 9.08. The number of rotatable bonds is 2. The average Bonchev–Trinajstić information content (AvgIpc) is 2.94. The van der Waals surface area contributed by atoms with E-state index in [-0.39, 0.29) is 6.04 Å². The molecule has 0 saturated carbocycles. The Labute approximate surface area is 111 Å². The second-order valence-electron chi connectivity index (χ2n) is 4.90. The smallest absolute Gasteiger partial charge is 0.131 e. The molecule has 1 aromatic carbocycles. The molecule has 2 aromatic heterocycles. The Morgan fingerprint density at radius 3 is 2.68 bits per heavy atom. The molecule has 5 heteroatoms. The highest BCUT2D eigenvalue weighted by molar-refractivity contribution is 5.79. The van der Waals surface area contributed by atoms with Gasteiger partial charge >= 0.3 is 0 Å². The Bertz CT molecular complexity index is 737. The minimum absolute atomic E-state index is 0.259. The molecule has 1 atom stereocenters. The summed E-state index contributed by atoms with van der Waals surface area (Å²) in [6.45, 7) is 2.09. The number of para-hydroxylation sites is 1. The molecule has 1 unspecified atom stereocenters. The van der Waals surface area contributed by atoms with Crippen LogP contribution in [-0.2, 0) is 14.1 Å². The van der Waals surface area contributed by atoms with Crippen molar-refractivity contribution < 1.29 is 0 Å². The summed E-state index contributed by atoms with van der Waals surface area (Å²) < 4.78 is 3.82. The summed E-state index contributed by atoms with van der Waals surface area (Å²) in [6, 6.07) is 5.86. The summed E-state index contributed by atoms with van der Waals surface area (Å²) in [5.41, 5.74) is 10.6. The third kappa shape index (κ3) is 1.82. The van der Waals surface area contributed by atoms with Gasteiger partial charge in [-0.05, 0) is 18.6 Å². The van der Waals surface area contributed by atoms with Crippen LogP contribution in [0.5, 0.6) is 0 Å². The van der Waals surface area contributed by atoms with Gasteiger partial charge < -0.3 is 10.3 Å². The van der Waals surface area contributed by atoms with E-state index < -0.39 is 0 Å². The Hall–Kier alpha value is -2.14. The van der Waals surface area contributed by atoms with Crippen LogP contribution in [0, 0.1) is 6.92 Å². The first kappa shape index (κ1) is 11.9. The fourth-order valence-corrected chi connectivity index (χ4v) is 2.51. The van der Waals surface area contributed by atoms with Crippen molar-refractivity contribution >= 4 is 11.0 Å². The molecule has 19 heavy (non-hydrogen) atoms. The van der Waals surface area contributed by atoms with Gasteiger partial charge in [0, 0.05) is 25.9 Å². The van der Waals surface area contributed by atoms with E-state index in [9.17, 15) is 0 Å². The number of fused-ring (bicyclic) bond motifs is 1. The Balaban J connectivity index is 2.15. The van der Waals surface area contributed by atoms with Gasteiger partial charge in [-0.2, -0.15) is 5.10 Å².